The van der Waals surface area contributed by atoms with Crippen LogP contribution in [0.4, 0.5) is 0 Å². The molecule has 1 aliphatic rings. The van der Waals surface area contributed by atoms with E-state index < -0.39 is 5.54 Å². The Bertz CT molecular complexity index is 763. The van der Waals surface area contributed by atoms with Crippen molar-refractivity contribution in [3.05, 3.63) is 41.7 Å². The summed E-state index contributed by atoms with van der Waals surface area (Å²) in [6.07, 6.45) is 3.11. The molecule has 152 valence electrons. The molecule has 8 nitrogen and oxygen atoms in total. The predicted molar refractivity (Wildman–Crippen MR) is 106 cm³/mol. The van der Waals surface area contributed by atoms with Gasteiger partial charge in [-0.15, -0.1) is 5.10 Å². The molecule has 1 aromatic heterocycles. The van der Waals surface area contributed by atoms with Crippen LogP contribution in [0, 0.1) is 0 Å². The maximum atomic E-state index is 12.9. The van der Waals surface area contributed by atoms with Crippen molar-refractivity contribution in [1.29, 1.82) is 0 Å². The molecule has 28 heavy (non-hydrogen) atoms. The quantitative estimate of drug-likeness (QED) is 0.681. The number of benzene rings is 1. The van der Waals surface area contributed by atoms with Gasteiger partial charge in [0.2, 0.25) is 5.91 Å². The molecule has 1 aliphatic heterocycles. The molecule has 1 saturated heterocycles. The molecular formula is C20H30N6O2. The van der Waals surface area contributed by atoms with Crippen molar-refractivity contribution >= 4 is 5.91 Å². The van der Waals surface area contributed by atoms with Crippen LogP contribution in [0.25, 0.3) is 0 Å². The van der Waals surface area contributed by atoms with Crippen molar-refractivity contribution in [2.24, 2.45) is 0 Å². The zero-order valence-electron chi connectivity index (χ0n) is 17.0. The molecule has 2 aromatic rings. The third-order valence-corrected chi connectivity index (χ3v) is 5.61. The summed E-state index contributed by atoms with van der Waals surface area (Å²) in [5, 5.41) is 12.4. The standard InChI is InChI=1S/C20H30N6O2/c1-24(2)20(19-21-22-23-26(19)14-15-28-3)12-7-13-25(16-20)18(27)11-10-17-8-5-4-6-9-17/h4-6,8-9H,7,10-16H2,1-3H3. The first kappa shape index (κ1) is 20.4. The van der Waals surface area contributed by atoms with Crippen molar-refractivity contribution in [1.82, 2.24) is 30.0 Å². The summed E-state index contributed by atoms with van der Waals surface area (Å²) in [7, 11) is 5.74. The SMILES string of the molecule is COCCn1nnnc1C1(N(C)C)CCCN(C(=O)CCc2ccccc2)C1. The van der Waals surface area contributed by atoms with Crippen LogP contribution in [-0.4, -0.2) is 76.8 Å². The Morgan fingerprint density at radius 3 is 2.79 bits per heavy atom. The fourth-order valence-electron chi connectivity index (χ4n) is 3.92. The Labute approximate surface area is 166 Å². The molecule has 0 radical (unpaired) electrons. The Balaban J connectivity index is 1.74. The van der Waals surface area contributed by atoms with E-state index in [0.29, 0.717) is 26.1 Å². The number of ether oxygens (including phenoxy) is 1. The van der Waals surface area contributed by atoms with Gasteiger partial charge in [0.05, 0.1) is 13.2 Å². The van der Waals surface area contributed by atoms with E-state index in [4.69, 9.17) is 4.74 Å². The van der Waals surface area contributed by atoms with Crippen LogP contribution in [0.5, 0.6) is 0 Å². The number of amides is 1. The fourth-order valence-corrected chi connectivity index (χ4v) is 3.92. The number of tetrazole rings is 1. The fraction of sp³-hybridized carbons (Fsp3) is 0.600. The monoisotopic (exact) mass is 386 g/mol. The number of aromatic nitrogens is 4. The average molecular weight is 387 g/mol. The summed E-state index contributed by atoms with van der Waals surface area (Å²) in [5.41, 5.74) is 0.799. The second-order valence-electron chi connectivity index (χ2n) is 7.55. The summed E-state index contributed by atoms with van der Waals surface area (Å²) < 4.78 is 7.00. The molecule has 2 heterocycles. The number of carbonyl (C=O) groups is 1. The number of hydrogen-bond acceptors (Lipinski definition) is 6. The van der Waals surface area contributed by atoms with Crippen molar-refractivity contribution in [3.63, 3.8) is 0 Å². The largest absolute Gasteiger partial charge is 0.383 e. The highest BCUT2D eigenvalue weighted by atomic mass is 16.5. The Morgan fingerprint density at radius 1 is 1.29 bits per heavy atom. The lowest BCUT2D eigenvalue weighted by Gasteiger charge is -2.45. The van der Waals surface area contributed by atoms with Gasteiger partial charge in [-0.1, -0.05) is 30.3 Å². The zero-order valence-corrected chi connectivity index (χ0v) is 17.0. The number of carbonyl (C=O) groups excluding carboxylic acids is 1. The molecule has 8 heteroatoms. The summed E-state index contributed by atoms with van der Waals surface area (Å²) in [6, 6.07) is 10.2. The Morgan fingerprint density at radius 2 is 2.07 bits per heavy atom. The summed E-state index contributed by atoms with van der Waals surface area (Å²) >= 11 is 0. The summed E-state index contributed by atoms with van der Waals surface area (Å²) in [4.78, 5) is 17.1. The Kier molecular flexibility index (Phi) is 6.74. The molecule has 0 aliphatic carbocycles. The van der Waals surface area contributed by atoms with Crippen LogP contribution >= 0.6 is 0 Å². The summed E-state index contributed by atoms with van der Waals surface area (Å²) in [6.45, 7) is 2.52. The lowest BCUT2D eigenvalue weighted by atomic mass is 9.86. The van der Waals surface area contributed by atoms with Crippen LogP contribution < -0.4 is 0 Å². The molecule has 0 saturated carbocycles. The number of likely N-dealkylation sites (N-methyl/N-ethyl adjacent to an activating group) is 1. The second-order valence-corrected chi connectivity index (χ2v) is 7.55. The molecule has 0 bridgehead atoms. The molecule has 1 aromatic carbocycles. The van der Waals surface area contributed by atoms with Gasteiger partial charge in [0.25, 0.3) is 0 Å². The van der Waals surface area contributed by atoms with E-state index >= 15 is 0 Å². The first-order valence-electron chi connectivity index (χ1n) is 9.81. The second kappa shape index (κ2) is 9.25. The normalized spacial score (nSPS) is 19.9. The summed E-state index contributed by atoms with van der Waals surface area (Å²) in [5.74, 6) is 0.987. The smallest absolute Gasteiger partial charge is 0.222 e. The van der Waals surface area contributed by atoms with E-state index in [-0.39, 0.29) is 5.91 Å². The predicted octanol–water partition coefficient (Wildman–Crippen LogP) is 1.33. The van der Waals surface area contributed by atoms with Crippen LogP contribution in [0.15, 0.2) is 30.3 Å². The van der Waals surface area contributed by atoms with Gasteiger partial charge < -0.3 is 9.64 Å². The van der Waals surface area contributed by atoms with Crippen LogP contribution in [-0.2, 0) is 28.0 Å². The number of aryl methyl sites for hydroxylation is 1. The molecule has 0 spiro atoms. The van der Waals surface area contributed by atoms with E-state index in [1.165, 1.54) is 5.56 Å². The van der Waals surface area contributed by atoms with Crippen LogP contribution in [0.1, 0.15) is 30.7 Å². The van der Waals surface area contributed by atoms with E-state index in [1.54, 1.807) is 11.8 Å². The molecule has 1 amide bonds. The molecule has 1 fully saturated rings. The highest BCUT2D eigenvalue weighted by Gasteiger charge is 2.44. The minimum absolute atomic E-state index is 0.186. The number of hydrogen-bond donors (Lipinski definition) is 0. The molecule has 0 N–H and O–H groups in total. The number of piperidine rings is 1. The van der Waals surface area contributed by atoms with Gasteiger partial charge in [0, 0.05) is 26.6 Å². The molecular weight excluding hydrogens is 356 g/mol. The van der Waals surface area contributed by atoms with Gasteiger partial charge in [0.15, 0.2) is 5.82 Å². The van der Waals surface area contributed by atoms with Gasteiger partial charge in [-0.25, -0.2) is 4.68 Å². The highest BCUT2D eigenvalue weighted by Crippen LogP contribution is 2.34. The van der Waals surface area contributed by atoms with E-state index in [9.17, 15) is 4.79 Å². The zero-order chi connectivity index (χ0) is 20.0. The number of rotatable bonds is 8. The lowest BCUT2D eigenvalue weighted by Crippen LogP contribution is -2.56. The van der Waals surface area contributed by atoms with Gasteiger partial charge >= 0.3 is 0 Å². The van der Waals surface area contributed by atoms with E-state index in [2.05, 4.69) is 32.6 Å². The van der Waals surface area contributed by atoms with Crippen molar-refractivity contribution in [2.45, 2.75) is 37.8 Å². The Hall–Kier alpha value is -2.32. The van der Waals surface area contributed by atoms with Crippen molar-refractivity contribution in [2.75, 3.05) is 40.9 Å². The molecule has 1 atom stereocenters. The van der Waals surface area contributed by atoms with Crippen LogP contribution in [0.2, 0.25) is 0 Å². The number of methoxy groups -OCH3 is 1. The first-order chi connectivity index (χ1) is 13.6. The minimum atomic E-state index is -0.391. The maximum Gasteiger partial charge on any atom is 0.222 e. The lowest BCUT2D eigenvalue weighted by molar-refractivity contribution is -0.135. The maximum absolute atomic E-state index is 12.9. The molecule has 1 unspecified atom stereocenters. The van der Waals surface area contributed by atoms with E-state index in [0.717, 1.165) is 31.6 Å². The van der Waals surface area contributed by atoms with Gasteiger partial charge in [-0.2, -0.15) is 0 Å². The van der Waals surface area contributed by atoms with Crippen molar-refractivity contribution < 1.29 is 9.53 Å². The minimum Gasteiger partial charge on any atom is -0.383 e. The van der Waals surface area contributed by atoms with Gasteiger partial charge in [-0.05, 0) is 49.3 Å². The van der Waals surface area contributed by atoms with Gasteiger partial charge in [0.1, 0.15) is 5.54 Å². The number of likely N-dealkylation sites (tertiary alicyclic amines) is 1. The number of nitrogens with zero attached hydrogens (tertiary/aromatic N) is 6. The van der Waals surface area contributed by atoms with Gasteiger partial charge in [-0.3, -0.25) is 9.69 Å². The van der Waals surface area contributed by atoms with Crippen LogP contribution in [0.3, 0.4) is 0 Å². The average Bonchev–Trinajstić information content (AvgIpc) is 3.20. The van der Waals surface area contributed by atoms with Crippen molar-refractivity contribution in [3.8, 4) is 0 Å². The first-order valence-corrected chi connectivity index (χ1v) is 9.81. The van der Waals surface area contributed by atoms with E-state index in [1.807, 2.05) is 37.2 Å². The topological polar surface area (TPSA) is 76.4 Å². The molecule has 3 rings (SSSR count). The third-order valence-electron chi connectivity index (χ3n) is 5.61. The highest BCUT2D eigenvalue weighted by molar-refractivity contribution is 5.76. The third kappa shape index (κ3) is 4.39.